The Bertz CT molecular complexity index is 621. The van der Waals surface area contributed by atoms with Gasteiger partial charge < -0.3 is 19.5 Å². The summed E-state index contributed by atoms with van der Waals surface area (Å²) in [5.41, 5.74) is 2.25. The van der Waals surface area contributed by atoms with Crippen LogP contribution in [0, 0.1) is 0 Å². The van der Waals surface area contributed by atoms with Crippen molar-refractivity contribution in [3.63, 3.8) is 0 Å². The molecule has 0 saturated carbocycles. The lowest BCUT2D eigenvalue weighted by Gasteiger charge is -2.17. The average Bonchev–Trinajstić information content (AvgIpc) is 2.95. The van der Waals surface area contributed by atoms with Gasteiger partial charge in [-0.15, -0.1) is 0 Å². The molecule has 23 heavy (non-hydrogen) atoms. The minimum Gasteiger partial charge on any atom is -0.388 e. The van der Waals surface area contributed by atoms with Crippen LogP contribution in [0.4, 0.5) is 5.82 Å². The first-order valence-electron chi connectivity index (χ1n) is 7.79. The first kappa shape index (κ1) is 15.9. The molecular formula is C18H22N2O3. The molecule has 2 aromatic rings. The smallest absolute Gasteiger partial charge is 0.146 e. The van der Waals surface area contributed by atoms with Crippen molar-refractivity contribution in [1.29, 1.82) is 0 Å². The first-order chi connectivity index (χ1) is 11.3. The maximum absolute atomic E-state index is 10.1. The van der Waals surface area contributed by atoms with Crippen LogP contribution in [-0.2, 0) is 15.9 Å². The highest BCUT2D eigenvalue weighted by Gasteiger charge is 2.32. The maximum Gasteiger partial charge on any atom is 0.146 e. The highest BCUT2D eigenvalue weighted by molar-refractivity contribution is 5.42. The molecule has 0 radical (unpaired) electrons. The summed E-state index contributed by atoms with van der Waals surface area (Å²) in [6, 6.07) is 16.3. The van der Waals surface area contributed by atoms with Gasteiger partial charge in [0.15, 0.2) is 0 Å². The van der Waals surface area contributed by atoms with E-state index in [1.54, 1.807) is 7.11 Å². The van der Waals surface area contributed by atoms with Crippen molar-refractivity contribution in [2.45, 2.75) is 18.6 Å². The number of nitrogens with zero attached hydrogens (tertiary/aromatic N) is 2. The predicted octanol–water partition coefficient (Wildman–Crippen LogP) is 1.84. The molecule has 3 rings (SSSR count). The normalized spacial score (nSPS) is 20.9. The second kappa shape index (κ2) is 7.55. The molecule has 2 heterocycles. The van der Waals surface area contributed by atoms with Gasteiger partial charge in [0.2, 0.25) is 0 Å². The Balaban J connectivity index is 1.68. The Morgan fingerprint density at radius 2 is 1.96 bits per heavy atom. The fourth-order valence-electron chi connectivity index (χ4n) is 2.81. The maximum atomic E-state index is 10.1. The lowest BCUT2D eigenvalue weighted by Crippen LogP contribution is -2.27. The SMILES string of the molecule is COCOC1CN(c2cccc(Cc3ccccc3)n2)CC1O. The van der Waals surface area contributed by atoms with Crippen molar-refractivity contribution in [3.05, 3.63) is 59.8 Å². The molecule has 1 aliphatic heterocycles. The topological polar surface area (TPSA) is 54.8 Å². The number of benzene rings is 1. The summed E-state index contributed by atoms with van der Waals surface area (Å²) in [4.78, 5) is 6.78. The van der Waals surface area contributed by atoms with E-state index in [2.05, 4.69) is 17.0 Å². The Labute approximate surface area is 136 Å². The first-order valence-corrected chi connectivity index (χ1v) is 7.79. The number of aliphatic hydroxyl groups excluding tert-OH is 1. The van der Waals surface area contributed by atoms with E-state index in [-0.39, 0.29) is 12.9 Å². The molecule has 5 heteroatoms. The Hall–Kier alpha value is -1.95. The molecule has 0 aliphatic carbocycles. The van der Waals surface area contributed by atoms with Crippen LogP contribution in [0.2, 0.25) is 0 Å². The minimum atomic E-state index is -0.523. The highest BCUT2D eigenvalue weighted by atomic mass is 16.7. The van der Waals surface area contributed by atoms with Crippen LogP contribution in [0.25, 0.3) is 0 Å². The standard InChI is InChI=1S/C18H22N2O3/c1-22-13-23-17-12-20(11-16(17)21)18-9-5-8-15(19-18)10-14-6-3-2-4-7-14/h2-9,16-17,21H,10-13H2,1H3. The zero-order valence-corrected chi connectivity index (χ0v) is 13.3. The van der Waals surface area contributed by atoms with E-state index in [1.165, 1.54) is 5.56 Å². The molecule has 1 saturated heterocycles. The van der Waals surface area contributed by atoms with Gasteiger partial charge in [0, 0.05) is 32.3 Å². The van der Waals surface area contributed by atoms with Gasteiger partial charge in [-0.25, -0.2) is 4.98 Å². The van der Waals surface area contributed by atoms with Gasteiger partial charge in [-0.3, -0.25) is 0 Å². The quantitative estimate of drug-likeness (QED) is 0.825. The van der Waals surface area contributed by atoms with Crippen LogP contribution in [0.15, 0.2) is 48.5 Å². The largest absolute Gasteiger partial charge is 0.388 e. The second-order valence-corrected chi connectivity index (χ2v) is 5.73. The van der Waals surface area contributed by atoms with E-state index in [0.29, 0.717) is 13.1 Å². The van der Waals surface area contributed by atoms with Crippen molar-refractivity contribution in [2.24, 2.45) is 0 Å². The lowest BCUT2D eigenvalue weighted by molar-refractivity contribution is -0.0946. The Morgan fingerprint density at radius 1 is 1.13 bits per heavy atom. The summed E-state index contributed by atoms with van der Waals surface area (Å²) in [6.45, 7) is 1.33. The summed E-state index contributed by atoms with van der Waals surface area (Å²) >= 11 is 0. The molecule has 1 aromatic carbocycles. The number of methoxy groups -OCH3 is 1. The molecule has 1 fully saturated rings. The van der Waals surface area contributed by atoms with Crippen molar-refractivity contribution in [1.82, 2.24) is 4.98 Å². The number of pyridine rings is 1. The van der Waals surface area contributed by atoms with E-state index in [9.17, 15) is 5.11 Å². The van der Waals surface area contributed by atoms with Crippen LogP contribution in [0.3, 0.4) is 0 Å². The van der Waals surface area contributed by atoms with Crippen molar-refractivity contribution < 1.29 is 14.6 Å². The van der Waals surface area contributed by atoms with Gasteiger partial charge in [0.25, 0.3) is 0 Å². The van der Waals surface area contributed by atoms with Gasteiger partial charge in [0.05, 0.1) is 6.10 Å². The summed E-state index contributed by atoms with van der Waals surface area (Å²) in [5.74, 6) is 0.876. The van der Waals surface area contributed by atoms with Crippen LogP contribution in [0.1, 0.15) is 11.3 Å². The van der Waals surface area contributed by atoms with Gasteiger partial charge >= 0.3 is 0 Å². The van der Waals surface area contributed by atoms with Crippen molar-refractivity contribution >= 4 is 5.82 Å². The van der Waals surface area contributed by atoms with E-state index in [1.807, 2.05) is 36.4 Å². The molecule has 1 N–H and O–H groups in total. The van der Waals surface area contributed by atoms with Crippen LogP contribution >= 0.6 is 0 Å². The van der Waals surface area contributed by atoms with Crippen molar-refractivity contribution in [2.75, 3.05) is 31.9 Å². The third kappa shape index (κ3) is 4.07. The Morgan fingerprint density at radius 3 is 2.74 bits per heavy atom. The van der Waals surface area contributed by atoms with E-state index >= 15 is 0 Å². The van der Waals surface area contributed by atoms with Gasteiger partial charge in [-0.1, -0.05) is 36.4 Å². The van der Waals surface area contributed by atoms with Crippen molar-refractivity contribution in [3.8, 4) is 0 Å². The van der Waals surface area contributed by atoms with Gasteiger partial charge in [-0.2, -0.15) is 0 Å². The van der Waals surface area contributed by atoms with E-state index < -0.39 is 6.10 Å². The molecule has 5 nitrogen and oxygen atoms in total. The van der Waals surface area contributed by atoms with Crippen LogP contribution in [0.5, 0.6) is 0 Å². The molecule has 2 atom stereocenters. The van der Waals surface area contributed by atoms with E-state index in [4.69, 9.17) is 14.5 Å². The van der Waals surface area contributed by atoms with Crippen LogP contribution < -0.4 is 4.90 Å². The average molecular weight is 314 g/mol. The molecule has 0 spiro atoms. The Kier molecular flexibility index (Phi) is 5.23. The van der Waals surface area contributed by atoms with E-state index in [0.717, 1.165) is 17.9 Å². The third-order valence-corrected chi connectivity index (χ3v) is 3.98. The molecule has 122 valence electrons. The van der Waals surface area contributed by atoms with Gasteiger partial charge in [-0.05, 0) is 17.7 Å². The summed E-state index contributed by atoms with van der Waals surface area (Å²) < 4.78 is 10.4. The van der Waals surface area contributed by atoms with Crippen LogP contribution in [-0.4, -0.2) is 49.3 Å². The molecule has 1 aliphatic rings. The number of anilines is 1. The number of aliphatic hydroxyl groups is 1. The highest BCUT2D eigenvalue weighted by Crippen LogP contribution is 2.21. The number of hydrogen-bond acceptors (Lipinski definition) is 5. The molecule has 2 unspecified atom stereocenters. The third-order valence-electron chi connectivity index (χ3n) is 3.98. The predicted molar refractivity (Wildman–Crippen MR) is 88.5 cm³/mol. The lowest BCUT2D eigenvalue weighted by atomic mass is 10.1. The molecule has 0 amide bonds. The number of hydrogen-bond donors (Lipinski definition) is 1. The summed E-state index contributed by atoms with van der Waals surface area (Å²) in [5, 5.41) is 10.1. The van der Waals surface area contributed by atoms with Gasteiger partial charge in [0.1, 0.15) is 18.7 Å². The number of β-amino-alcohol motifs (C(OH)–C–C–N with tert-alkyl or cyclic N) is 1. The summed E-state index contributed by atoms with van der Waals surface area (Å²) in [6.07, 6.45) is 0.0357. The fourth-order valence-corrected chi connectivity index (χ4v) is 2.81. The summed E-state index contributed by atoms with van der Waals surface area (Å²) in [7, 11) is 1.58. The number of aromatic nitrogens is 1. The monoisotopic (exact) mass is 314 g/mol. The zero-order valence-electron chi connectivity index (χ0n) is 13.3. The minimum absolute atomic E-state index is 0.192. The second-order valence-electron chi connectivity index (χ2n) is 5.73. The molecular weight excluding hydrogens is 292 g/mol. The molecule has 0 bridgehead atoms. The fraction of sp³-hybridized carbons (Fsp3) is 0.389. The number of ether oxygens (including phenoxy) is 2. The zero-order chi connectivity index (χ0) is 16.1. The number of rotatable bonds is 6. The molecule has 1 aromatic heterocycles.